The van der Waals surface area contributed by atoms with Gasteiger partial charge in [-0.25, -0.2) is 13.4 Å². The van der Waals surface area contributed by atoms with E-state index in [-0.39, 0.29) is 5.25 Å². The van der Waals surface area contributed by atoms with Gasteiger partial charge in [-0.15, -0.1) is 22.9 Å². The van der Waals surface area contributed by atoms with E-state index < -0.39 is 20.0 Å². The third-order valence-corrected chi connectivity index (χ3v) is 10.0. The highest BCUT2D eigenvalue weighted by molar-refractivity contribution is 7.93. The Bertz CT molecular complexity index is 1070. The molecule has 5 nitrogen and oxygen atoms in total. The van der Waals surface area contributed by atoms with Crippen molar-refractivity contribution in [3.8, 4) is 17.0 Å². The molecular weight excluding hydrogens is 452 g/mol. The third-order valence-electron chi connectivity index (χ3n) is 5.86. The maximum Gasteiger partial charge on any atom is 0.185 e. The van der Waals surface area contributed by atoms with Gasteiger partial charge in [0.25, 0.3) is 0 Å². The molecule has 0 amide bonds. The Kier molecular flexibility index (Phi) is 6.47. The number of ether oxygens (including phenoxy) is 1. The van der Waals surface area contributed by atoms with E-state index in [1.807, 2.05) is 42.6 Å². The molecule has 0 bridgehead atoms. The first-order valence-corrected chi connectivity index (χ1v) is 13.4. The highest BCUT2D eigenvalue weighted by Gasteiger charge is 2.44. The van der Waals surface area contributed by atoms with Gasteiger partial charge in [0.1, 0.15) is 11.0 Å². The van der Waals surface area contributed by atoms with Crippen molar-refractivity contribution < 1.29 is 13.2 Å². The van der Waals surface area contributed by atoms with Crippen molar-refractivity contribution in [1.82, 2.24) is 4.98 Å². The van der Waals surface area contributed by atoms with Gasteiger partial charge in [-0.05, 0) is 51.0 Å². The zero-order chi connectivity index (χ0) is 22.1. The summed E-state index contributed by atoms with van der Waals surface area (Å²) in [4.78, 5) is 6.08. The number of sulfone groups is 1. The summed E-state index contributed by atoms with van der Waals surface area (Å²) in [6.45, 7) is 5.72. The number of halogens is 1. The number of allylic oxidation sites excluding steroid dienone is 3. The van der Waals surface area contributed by atoms with Crippen molar-refractivity contribution >= 4 is 37.9 Å². The lowest BCUT2D eigenvalue weighted by atomic mass is 10.0. The molecule has 8 heteroatoms. The molecule has 4 rings (SSSR count). The van der Waals surface area contributed by atoms with Crippen LogP contribution in [0.1, 0.15) is 26.7 Å². The number of anilines is 1. The first-order chi connectivity index (χ1) is 14.8. The van der Waals surface area contributed by atoms with E-state index in [0.717, 1.165) is 22.1 Å². The third kappa shape index (κ3) is 4.69. The number of rotatable bonds is 6. The molecule has 31 heavy (non-hydrogen) atoms. The van der Waals surface area contributed by atoms with E-state index in [2.05, 4.69) is 4.90 Å². The number of piperidine rings is 1. The van der Waals surface area contributed by atoms with Crippen LogP contribution in [0.15, 0.2) is 53.9 Å². The Morgan fingerprint density at radius 1 is 1.23 bits per heavy atom. The fourth-order valence-electron chi connectivity index (χ4n) is 4.14. The summed E-state index contributed by atoms with van der Waals surface area (Å²) in [5, 5.41) is 1.91. The molecular formula is C23H27ClN2O3S2. The van der Waals surface area contributed by atoms with Crippen LogP contribution in [-0.4, -0.2) is 48.5 Å². The number of alkyl halides is 1. The normalized spacial score (nSPS) is 24.5. The van der Waals surface area contributed by atoms with Crippen molar-refractivity contribution in [3.05, 3.63) is 53.9 Å². The lowest BCUT2D eigenvalue weighted by Crippen LogP contribution is -2.47. The Balaban J connectivity index is 1.41. The van der Waals surface area contributed by atoms with E-state index in [1.54, 1.807) is 36.5 Å². The highest BCUT2D eigenvalue weighted by atomic mass is 35.5. The van der Waals surface area contributed by atoms with Gasteiger partial charge in [0.05, 0.1) is 22.4 Å². The number of thiazole rings is 1. The highest BCUT2D eigenvalue weighted by Crippen LogP contribution is 2.36. The maximum atomic E-state index is 13.3. The number of hydrogen-bond acceptors (Lipinski definition) is 6. The van der Waals surface area contributed by atoms with Gasteiger partial charge in [-0.3, -0.25) is 0 Å². The fraction of sp³-hybridized carbons (Fsp3) is 0.435. The van der Waals surface area contributed by atoms with E-state index in [4.69, 9.17) is 21.3 Å². The second-order valence-electron chi connectivity index (χ2n) is 8.06. The second kappa shape index (κ2) is 8.96. The molecule has 1 saturated heterocycles. The van der Waals surface area contributed by atoms with Gasteiger partial charge in [0.2, 0.25) is 0 Å². The summed E-state index contributed by atoms with van der Waals surface area (Å²) in [5.74, 6) is 0.848. The summed E-state index contributed by atoms with van der Waals surface area (Å²) in [5.41, 5.74) is 1.97. The van der Waals surface area contributed by atoms with Crippen LogP contribution >= 0.6 is 22.9 Å². The smallest absolute Gasteiger partial charge is 0.185 e. The van der Waals surface area contributed by atoms with Crippen molar-refractivity contribution in [2.75, 3.05) is 24.6 Å². The molecule has 0 spiro atoms. The molecule has 2 unspecified atom stereocenters. The molecule has 1 aliphatic heterocycles. The molecule has 2 aromatic rings. The monoisotopic (exact) mass is 478 g/mol. The van der Waals surface area contributed by atoms with Crippen molar-refractivity contribution in [3.63, 3.8) is 0 Å². The summed E-state index contributed by atoms with van der Waals surface area (Å²) < 4.78 is 32.0. The second-order valence-corrected chi connectivity index (χ2v) is 12.1. The Morgan fingerprint density at radius 3 is 2.58 bits per heavy atom. The lowest BCUT2D eigenvalue weighted by Gasteiger charge is -2.36. The average molecular weight is 479 g/mol. The Morgan fingerprint density at radius 2 is 1.94 bits per heavy atom. The van der Waals surface area contributed by atoms with Crippen molar-refractivity contribution in [2.24, 2.45) is 0 Å². The van der Waals surface area contributed by atoms with Gasteiger partial charge >= 0.3 is 0 Å². The average Bonchev–Trinajstić information content (AvgIpc) is 3.24. The standard InChI is InChI=1S/C23H27ClN2O3S2/c1-3-29-18-9-7-17(8-10-18)20-16-30-22(25-20)26-14-11-19(12-15-26)31(27,28)21-6-4-5-13-23(21,2)24/h4-10,13,16,19,21H,3,11-12,14-15H2,1-2H3. The predicted octanol–water partition coefficient (Wildman–Crippen LogP) is 5.08. The first kappa shape index (κ1) is 22.4. The molecule has 2 aliphatic rings. The largest absolute Gasteiger partial charge is 0.494 e. The van der Waals surface area contributed by atoms with Crippen molar-refractivity contribution in [1.29, 1.82) is 0 Å². The van der Waals surface area contributed by atoms with Gasteiger partial charge in [0.15, 0.2) is 15.0 Å². The summed E-state index contributed by atoms with van der Waals surface area (Å²) >= 11 is 8.11. The number of nitrogens with zero attached hydrogens (tertiary/aromatic N) is 2. The van der Waals surface area contributed by atoms with E-state index >= 15 is 0 Å². The van der Waals surface area contributed by atoms with Crippen LogP contribution in [0.2, 0.25) is 0 Å². The molecule has 0 radical (unpaired) electrons. The molecule has 1 aliphatic carbocycles. The van der Waals surface area contributed by atoms with Crippen LogP contribution in [0, 0.1) is 0 Å². The molecule has 0 N–H and O–H groups in total. The molecule has 0 saturated carbocycles. The maximum absolute atomic E-state index is 13.3. The minimum absolute atomic E-state index is 0.381. The molecule has 1 aromatic heterocycles. The number of hydrogen-bond donors (Lipinski definition) is 0. The van der Waals surface area contributed by atoms with Gasteiger partial charge in [-0.1, -0.05) is 24.3 Å². The first-order valence-electron chi connectivity index (χ1n) is 10.5. The van der Waals surface area contributed by atoms with E-state index in [9.17, 15) is 8.42 Å². The van der Waals surface area contributed by atoms with Crippen LogP contribution in [0.25, 0.3) is 11.3 Å². The summed E-state index contributed by atoms with van der Waals surface area (Å²) in [6.07, 6.45) is 8.25. The number of benzene rings is 1. The van der Waals surface area contributed by atoms with Crippen LogP contribution in [-0.2, 0) is 9.84 Å². The quantitative estimate of drug-likeness (QED) is 0.541. The fourth-order valence-corrected chi connectivity index (χ4v) is 7.86. The molecule has 1 fully saturated rings. The van der Waals surface area contributed by atoms with Gasteiger partial charge in [-0.2, -0.15) is 0 Å². The van der Waals surface area contributed by atoms with Crippen molar-refractivity contribution in [2.45, 2.75) is 42.1 Å². The van der Waals surface area contributed by atoms with Crippen LogP contribution in [0.4, 0.5) is 5.13 Å². The van der Waals surface area contributed by atoms with Crippen LogP contribution in [0.5, 0.6) is 5.75 Å². The minimum atomic E-state index is -3.37. The SMILES string of the molecule is CCOc1ccc(-c2csc(N3CCC(S(=O)(=O)C4C=CC=CC4(C)Cl)CC3)n2)cc1. The molecule has 1 aromatic carbocycles. The summed E-state index contributed by atoms with van der Waals surface area (Å²) in [6, 6.07) is 7.93. The Hall–Kier alpha value is -1.83. The van der Waals surface area contributed by atoms with Gasteiger partial charge in [0, 0.05) is 24.0 Å². The summed E-state index contributed by atoms with van der Waals surface area (Å²) in [7, 11) is -3.37. The zero-order valence-corrected chi connectivity index (χ0v) is 20.1. The molecule has 166 valence electrons. The van der Waals surface area contributed by atoms with Crippen LogP contribution < -0.4 is 9.64 Å². The van der Waals surface area contributed by atoms with E-state index in [1.165, 1.54) is 0 Å². The molecule has 2 heterocycles. The predicted molar refractivity (Wildman–Crippen MR) is 129 cm³/mol. The van der Waals surface area contributed by atoms with Gasteiger partial charge < -0.3 is 9.64 Å². The molecule has 2 atom stereocenters. The Labute approximate surface area is 193 Å². The zero-order valence-electron chi connectivity index (χ0n) is 17.7. The van der Waals surface area contributed by atoms with E-state index in [0.29, 0.717) is 32.5 Å². The minimum Gasteiger partial charge on any atom is -0.494 e. The lowest BCUT2D eigenvalue weighted by molar-refractivity contribution is 0.340. The number of aromatic nitrogens is 1. The van der Waals surface area contributed by atoms with Crippen LogP contribution in [0.3, 0.4) is 0 Å². The topological polar surface area (TPSA) is 59.5 Å².